The van der Waals surface area contributed by atoms with E-state index in [2.05, 4.69) is 15.5 Å². The molecular weight excluding hydrogens is 527 g/mol. The summed E-state index contributed by atoms with van der Waals surface area (Å²) in [4.78, 5) is 39.3. The van der Waals surface area contributed by atoms with Gasteiger partial charge in [0, 0.05) is 31.3 Å². The number of likely N-dealkylation sites (tertiary alicyclic amines) is 1. The molecule has 0 bridgehead atoms. The predicted octanol–water partition coefficient (Wildman–Crippen LogP) is 3.56. The fourth-order valence-corrected chi connectivity index (χ4v) is 4.28. The van der Waals surface area contributed by atoms with Crippen LogP contribution in [0.5, 0.6) is 0 Å². The van der Waals surface area contributed by atoms with Crippen LogP contribution in [0.4, 0.5) is 22.0 Å². The third-order valence-corrected chi connectivity index (χ3v) is 6.11. The van der Waals surface area contributed by atoms with Crippen molar-refractivity contribution in [3.8, 4) is 0 Å². The van der Waals surface area contributed by atoms with E-state index in [9.17, 15) is 36.3 Å². The van der Waals surface area contributed by atoms with Gasteiger partial charge in [-0.25, -0.2) is 22.0 Å². The zero-order chi connectivity index (χ0) is 25.2. The van der Waals surface area contributed by atoms with E-state index in [-0.39, 0.29) is 64.2 Å². The number of nitrogens with zero attached hydrogens (tertiary/aromatic N) is 3. The van der Waals surface area contributed by atoms with E-state index < -0.39 is 65.4 Å². The summed E-state index contributed by atoms with van der Waals surface area (Å²) in [7, 11) is 0. The van der Waals surface area contributed by atoms with Gasteiger partial charge in [0.25, 0.3) is 0 Å². The number of hydrogen-bond acceptors (Lipinski definition) is 5. The summed E-state index contributed by atoms with van der Waals surface area (Å²) in [6, 6.07) is 0.726. The number of halogens is 5. The van der Waals surface area contributed by atoms with E-state index in [4.69, 9.17) is 0 Å². The minimum atomic E-state index is -2.79. The lowest BCUT2D eigenvalue weighted by Crippen LogP contribution is -2.54. The van der Waals surface area contributed by atoms with Gasteiger partial charge in [0.05, 0.1) is 17.8 Å². The van der Waals surface area contributed by atoms with E-state index in [1.807, 2.05) is 0 Å². The van der Waals surface area contributed by atoms with Crippen molar-refractivity contribution in [3.05, 3.63) is 46.9 Å². The molecule has 2 heterocycles. The molecule has 7 nitrogen and oxygen atoms in total. The highest BCUT2D eigenvalue weighted by Gasteiger charge is 2.42. The number of benzene rings is 1. The first-order valence-electron chi connectivity index (χ1n) is 10.6. The fourth-order valence-electron chi connectivity index (χ4n) is 4.28. The van der Waals surface area contributed by atoms with Gasteiger partial charge in [-0.05, 0) is 44.0 Å². The maximum Gasteiger partial charge on any atom is 0.312 e. The van der Waals surface area contributed by atoms with Crippen LogP contribution in [-0.4, -0.2) is 53.6 Å². The molecule has 0 aromatic heterocycles. The Labute approximate surface area is 218 Å². The molecule has 2 aliphatic heterocycles. The molecule has 200 valence electrons. The molecule has 2 amide bonds. The number of carbonyl (C=O) groups is 3. The predicted molar refractivity (Wildman–Crippen MR) is 130 cm³/mol. The summed E-state index contributed by atoms with van der Waals surface area (Å²) >= 11 is 0. The summed E-state index contributed by atoms with van der Waals surface area (Å²) in [5, 5.41) is 9.79. The van der Waals surface area contributed by atoms with Gasteiger partial charge < -0.3 is 10.2 Å². The van der Waals surface area contributed by atoms with Gasteiger partial charge in [0.15, 0.2) is 17.5 Å². The lowest BCUT2D eigenvalue weighted by Gasteiger charge is -2.31. The molecule has 1 unspecified atom stereocenters. The van der Waals surface area contributed by atoms with Gasteiger partial charge in [-0.15, -0.1) is 0 Å². The SMILES string of the molecule is C[C@H]1[C@@H](C(=O)Cc2cc(F)c(F)c(F)c2)CCN1C(=O)C(=O)NC(C)(CC(F)F)C1=CCN=N1.S.S. The molecule has 0 aliphatic carbocycles. The van der Waals surface area contributed by atoms with E-state index in [1.165, 1.54) is 13.0 Å². The fraction of sp³-hybridized carbons (Fsp3) is 0.500. The quantitative estimate of drug-likeness (QED) is 0.318. The molecule has 0 radical (unpaired) electrons. The number of Topliss-reactive ketones (excluding diaryl/α,β-unsaturated/α-hetero) is 1. The molecule has 1 saturated heterocycles. The summed E-state index contributed by atoms with van der Waals surface area (Å²) in [5.74, 6) is -7.77. The van der Waals surface area contributed by atoms with E-state index in [0.29, 0.717) is 0 Å². The average molecular weight is 555 g/mol. The maximum atomic E-state index is 13.4. The standard InChI is InChI=1S/C22H23F5N4O3.2H2S/c1-11-13(16(32)9-12-7-14(23)19(27)15(24)8-12)4-6-31(11)21(34)20(33)29-22(2,10-18(25)26)17-3-5-28-30-17;;/h3,7-8,11,13,18H,4-6,9-10H2,1-2H3,(H,29,33);2*1H2/t11-,13-,22?;;/m0../s1. The highest BCUT2D eigenvalue weighted by molar-refractivity contribution is 7.59. The molecular formula is C22H27F5N4O3S2. The number of alkyl halides is 2. The normalized spacial score (nSPS) is 20.3. The summed E-state index contributed by atoms with van der Waals surface area (Å²) in [6.07, 6.45) is -2.28. The molecule has 3 rings (SSSR count). The van der Waals surface area contributed by atoms with Crippen molar-refractivity contribution in [2.24, 2.45) is 16.1 Å². The molecule has 0 spiro atoms. The molecule has 0 saturated carbocycles. The Bertz CT molecular complexity index is 1050. The van der Waals surface area contributed by atoms with Crippen molar-refractivity contribution in [2.75, 3.05) is 13.1 Å². The highest BCUT2D eigenvalue weighted by Crippen LogP contribution is 2.30. The van der Waals surface area contributed by atoms with Crippen LogP contribution in [0.15, 0.2) is 34.1 Å². The molecule has 36 heavy (non-hydrogen) atoms. The van der Waals surface area contributed by atoms with Crippen LogP contribution in [0.3, 0.4) is 0 Å². The summed E-state index contributed by atoms with van der Waals surface area (Å²) < 4.78 is 66.3. The molecule has 1 N–H and O–H groups in total. The van der Waals surface area contributed by atoms with Gasteiger partial charge in [-0.2, -0.15) is 37.2 Å². The lowest BCUT2D eigenvalue weighted by atomic mass is 9.92. The Kier molecular flexibility index (Phi) is 11.1. The van der Waals surface area contributed by atoms with Gasteiger partial charge in [0.2, 0.25) is 6.43 Å². The van der Waals surface area contributed by atoms with Crippen molar-refractivity contribution in [1.29, 1.82) is 0 Å². The molecule has 14 heteroatoms. The Hall–Kier alpha value is -2.48. The summed E-state index contributed by atoms with van der Waals surface area (Å²) in [5.41, 5.74) is -1.55. The minimum Gasteiger partial charge on any atom is -0.337 e. The Morgan fingerprint density at radius 1 is 1.17 bits per heavy atom. The number of carbonyl (C=O) groups excluding carboxylic acids is 3. The molecule has 2 aliphatic rings. The highest BCUT2D eigenvalue weighted by atomic mass is 32.1. The van der Waals surface area contributed by atoms with Crippen LogP contribution in [0, 0.1) is 23.4 Å². The second-order valence-corrected chi connectivity index (χ2v) is 8.55. The average Bonchev–Trinajstić information content (AvgIpc) is 3.41. The van der Waals surface area contributed by atoms with Gasteiger partial charge >= 0.3 is 11.8 Å². The zero-order valence-corrected chi connectivity index (χ0v) is 21.5. The summed E-state index contributed by atoms with van der Waals surface area (Å²) in [6.45, 7) is 3.08. The second-order valence-electron chi connectivity index (χ2n) is 8.55. The van der Waals surface area contributed by atoms with Gasteiger partial charge in [0.1, 0.15) is 5.78 Å². The van der Waals surface area contributed by atoms with Crippen LogP contribution in [-0.2, 0) is 20.8 Å². The van der Waals surface area contributed by atoms with Crippen molar-refractivity contribution in [2.45, 2.75) is 51.1 Å². The van der Waals surface area contributed by atoms with E-state index >= 15 is 0 Å². The van der Waals surface area contributed by atoms with E-state index in [0.717, 1.165) is 17.0 Å². The second kappa shape index (κ2) is 12.7. The number of amides is 2. The number of rotatable bonds is 7. The first kappa shape index (κ1) is 31.5. The van der Waals surface area contributed by atoms with Crippen molar-refractivity contribution in [3.63, 3.8) is 0 Å². The van der Waals surface area contributed by atoms with E-state index in [1.54, 1.807) is 6.92 Å². The third-order valence-electron chi connectivity index (χ3n) is 6.11. The van der Waals surface area contributed by atoms with Gasteiger partial charge in [-0.1, -0.05) is 0 Å². The number of hydrogen-bond donors (Lipinski definition) is 1. The third kappa shape index (κ3) is 6.84. The molecule has 1 aromatic rings. The van der Waals surface area contributed by atoms with Gasteiger partial charge in [-0.3, -0.25) is 14.4 Å². The Morgan fingerprint density at radius 2 is 1.78 bits per heavy atom. The van der Waals surface area contributed by atoms with Crippen molar-refractivity contribution < 1.29 is 36.3 Å². The smallest absolute Gasteiger partial charge is 0.312 e. The van der Waals surface area contributed by atoms with Crippen LogP contribution < -0.4 is 5.32 Å². The number of ketones is 1. The topological polar surface area (TPSA) is 91.2 Å². The van der Waals surface area contributed by atoms with Crippen LogP contribution in [0.25, 0.3) is 0 Å². The molecule has 3 atom stereocenters. The lowest BCUT2D eigenvalue weighted by molar-refractivity contribution is -0.147. The van der Waals surface area contributed by atoms with Crippen molar-refractivity contribution in [1.82, 2.24) is 10.2 Å². The zero-order valence-electron chi connectivity index (χ0n) is 19.5. The minimum absolute atomic E-state index is 0. The van der Waals surface area contributed by atoms with Crippen LogP contribution >= 0.6 is 27.0 Å². The molecule has 1 fully saturated rings. The first-order chi connectivity index (χ1) is 15.9. The first-order valence-corrected chi connectivity index (χ1v) is 10.6. The Balaban J connectivity index is 0.00000324. The van der Waals surface area contributed by atoms with Crippen molar-refractivity contribution >= 4 is 44.6 Å². The largest absolute Gasteiger partial charge is 0.337 e. The number of azo groups is 1. The van der Waals surface area contributed by atoms with Crippen LogP contribution in [0.1, 0.15) is 32.3 Å². The Morgan fingerprint density at radius 3 is 2.31 bits per heavy atom. The molecule has 1 aromatic carbocycles. The van der Waals surface area contributed by atoms with Crippen LogP contribution in [0.2, 0.25) is 0 Å². The monoisotopic (exact) mass is 554 g/mol. The maximum absolute atomic E-state index is 13.4. The number of nitrogens with one attached hydrogen (secondary N) is 1.